The van der Waals surface area contributed by atoms with Gasteiger partial charge in [-0.05, 0) is 0 Å². The van der Waals surface area contributed by atoms with Gasteiger partial charge in [0, 0.05) is 0 Å². The van der Waals surface area contributed by atoms with Crippen LogP contribution >= 0.6 is 69.6 Å². The minimum absolute atomic E-state index is 0. The molecule has 0 heterocycles. The first-order valence-electron chi connectivity index (χ1n) is 3.31. The molecule has 7 heteroatoms. The Labute approximate surface area is 108 Å². The van der Waals surface area contributed by atoms with Crippen LogP contribution in [-0.2, 0) is 0 Å². The van der Waals surface area contributed by atoms with Gasteiger partial charge in [-0.15, -0.1) is 69.6 Å². The van der Waals surface area contributed by atoms with E-state index in [-0.39, 0.29) is 6.15 Å². The molecule has 3 N–H and O–H groups in total. The standard InChI is InChI=1S/C6H6Cl6.H3N/c7-1-2(8)4(10)6(12)5(11)3(1)9;/h1-6H;1H3/t1-,2-,3-,4+,5+,6+;. The highest BCUT2D eigenvalue weighted by Crippen LogP contribution is 2.39. The van der Waals surface area contributed by atoms with Crippen LogP contribution in [0.15, 0.2) is 0 Å². The van der Waals surface area contributed by atoms with E-state index in [4.69, 9.17) is 69.6 Å². The van der Waals surface area contributed by atoms with Gasteiger partial charge in [0.15, 0.2) is 0 Å². The van der Waals surface area contributed by atoms with Gasteiger partial charge in [-0.2, -0.15) is 0 Å². The molecule has 1 aliphatic rings. The second-order valence-electron chi connectivity index (χ2n) is 2.67. The van der Waals surface area contributed by atoms with Crippen LogP contribution in [0.3, 0.4) is 0 Å². The Morgan fingerprint density at radius 3 is 0.538 bits per heavy atom. The average molecular weight is 308 g/mol. The van der Waals surface area contributed by atoms with Gasteiger partial charge in [-0.3, -0.25) is 0 Å². The topological polar surface area (TPSA) is 35.0 Å². The first-order chi connectivity index (χ1) is 5.46. The molecule has 80 valence electrons. The molecular formula is C6H9Cl6N. The molecule has 0 amide bonds. The molecule has 0 aromatic carbocycles. The summed E-state index contributed by atoms with van der Waals surface area (Å²) in [6, 6.07) is 0. The van der Waals surface area contributed by atoms with E-state index in [1.807, 2.05) is 0 Å². The lowest BCUT2D eigenvalue weighted by molar-refractivity contribution is 0.544. The van der Waals surface area contributed by atoms with Gasteiger partial charge in [0.25, 0.3) is 0 Å². The summed E-state index contributed by atoms with van der Waals surface area (Å²) in [5, 5.41) is -2.62. The molecule has 13 heavy (non-hydrogen) atoms. The molecule has 1 nitrogen and oxygen atoms in total. The van der Waals surface area contributed by atoms with Gasteiger partial charge in [0.1, 0.15) is 0 Å². The van der Waals surface area contributed by atoms with Crippen molar-refractivity contribution in [3.63, 3.8) is 0 Å². The molecule has 0 bridgehead atoms. The van der Waals surface area contributed by atoms with E-state index in [1.165, 1.54) is 0 Å². The lowest BCUT2D eigenvalue weighted by Crippen LogP contribution is -2.52. The SMILES string of the molecule is Cl[C@H]1[C@H](Cl)[C@@H](Cl)[C@@H](Cl)[C@H](Cl)[C@H]1Cl.N. The predicted molar refractivity (Wildman–Crippen MR) is 62.9 cm³/mol. The highest BCUT2D eigenvalue weighted by atomic mass is 35.5. The van der Waals surface area contributed by atoms with Crippen molar-refractivity contribution in [2.24, 2.45) is 0 Å². The van der Waals surface area contributed by atoms with Crippen LogP contribution in [-0.4, -0.2) is 32.3 Å². The molecule has 0 aromatic rings. The van der Waals surface area contributed by atoms with Gasteiger partial charge in [-0.1, -0.05) is 0 Å². The first kappa shape index (κ1) is 14.7. The van der Waals surface area contributed by atoms with Crippen molar-refractivity contribution >= 4 is 69.6 Å². The van der Waals surface area contributed by atoms with E-state index in [0.717, 1.165) is 0 Å². The van der Waals surface area contributed by atoms with Crippen molar-refractivity contribution in [1.29, 1.82) is 0 Å². The zero-order valence-electron chi connectivity index (χ0n) is 6.44. The zero-order valence-corrected chi connectivity index (χ0v) is 11.0. The second-order valence-corrected chi connectivity index (χ2v) is 5.69. The van der Waals surface area contributed by atoms with Crippen molar-refractivity contribution in [2.45, 2.75) is 32.3 Å². The minimum atomic E-state index is -0.437. The van der Waals surface area contributed by atoms with Crippen molar-refractivity contribution in [2.75, 3.05) is 0 Å². The first-order valence-corrected chi connectivity index (χ1v) is 5.93. The normalized spacial score (nSPS) is 51.2. The molecule has 0 unspecified atom stereocenters. The molecule has 1 saturated carbocycles. The Kier molecular flexibility index (Phi) is 6.44. The number of alkyl halides is 6. The molecule has 1 fully saturated rings. The van der Waals surface area contributed by atoms with Crippen LogP contribution in [0.5, 0.6) is 0 Å². The van der Waals surface area contributed by atoms with E-state index in [9.17, 15) is 0 Å². The van der Waals surface area contributed by atoms with E-state index in [2.05, 4.69) is 0 Å². The van der Waals surface area contributed by atoms with Gasteiger partial charge in [0.05, 0.1) is 32.3 Å². The zero-order chi connectivity index (χ0) is 9.46. The summed E-state index contributed by atoms with van der Waals surface area (Å²) in [5.41, 5.74) is 0. The highest BCUT2D eigenvalue weighted by Gasteiger charge is 2.46. The van der Waals surface area contributed by atoms with E-state index in [0.29, 0.717) is 0 Å². The molecule has 0 spiro atoms. The maximum Gasteiger partial charge on any atom is 0.0693 e. The van der Waals surface area contributed by atoms with Crippen LogP contribution in [0.2, 0.25) is 0 Å². The van der Waals surface area contributed by atoms with Crippen LogP contribution in [0, 0.1) is 0 Å². The van der Waals surface area contributed by atoms with E-state index < -0.39 is 32.3 Å². The summed E-state index contributed by atoms with van der Waals surface area (Å²) in [5.74, 6) is 0. The van der Waals surface area contributed by atoms with Crippen LogP contribution in [0.4, 0.5) is 0 Å². The monoisotopic (exact) mass is 305 g/mol. The fourth-order valence-corrected chi connectivity index (χ4v) is 3.38. The Balaban J connectivity index is 0.00000144. The Morgan fingerprint density at radius 2 is 0.462 bits per heavy atom. The van der Waals surface area contributed by atoms with Crippen molar-refractivity contribution in [3.05, 3.63) is 0 Å². The Hall–Kier alpha value is 1.70. The highest BCUT2D eigenvalue weighted by molar-refractivity contribution is 6.45. The third kappa shape index (κ3) is 2.84. The molecule has 0 saturated heterocycles. The number of hydrogen-bond donors (Lipinski definition) is 1. The fourth-order valence-electron chi connectivity index (χ4n) is 1.05. The quantitative estimate of drug-likeness (QED) is 0.679. The lowest BCUT2D eigenvalue weighted by Gasteiger charge is -2.37. The van der Waals surface area contributed by atoms with Crippen LogP contribution in [0.1, 0.15) is 0 Å². The summed E-state index contributed by atoms with van der Waals surface area (Å²) in [6.07, 6.45) is 0. The molecule has 1 aliphatic carbocycles. The third-order valence-corrected chi connectivity index (χ3v) is 5.86. The van der Waals surface area contributed by atoms with Crippen molar-refractivity contribution in [1.82, 2.24) is 6.15 Å². The molecule has 0 aromatic heterocycles. The number of hydrogen-bond acceptors (Lipinski definition) is 1. The minimum Gasteiger partial charge on any atom is -0.344 e. The fraction of sp³-hybridized carbons (Fsp3) is 1.00. The maximum absolute atomic E-state index is 5.88. The Morgan fingerprint density at radius 1 is 0.385 bits per heavy atom. The molecule has 0 radical (unpaired) electrons. The predicted octanol–water partition coefficient (Wildman–Crippen LogP) is 3.81. The maximum atomic E-state index is 5.88. The van der Waals surface area contributed by atoms with Crippen molar-refractivity contribution < 1.29 is 0 Å². The summed E-state index contributed by atoms with van der Waals surface area (Å²) >= 11 is 35.3. The largest absolute Gasteiger partial charge is 0.344 e. The molecule has 1 rings (SSSR count). The Bertz CT molecular complexity index is 109. The summed E-state index contributed by atoms with van der Waals surface area (Å²) < 4.78 is 0. The molecule has 0 aliphatic heterocycles. The van der Waals surface area contributed by atoms with Crippen molar-refractivity contribution in [3.8, 4) is 0 Å². The van der Waals surface area contributed by atoms with Gasteiger partial charge >= 0.3 is 0 Å². The summed E-state index contributed by atoms with van der Waals surface area (Å²) in [7, 11) is 0. The van der Waals surface area contributed by atoms with Gasteiger partial charge < -0.3 is 6.15 Å². The number of halogens is 6. The third-order valence-electron chi connectivity index (χ3n) is 1.83. The lowest BCUT2D eigenvalue weighted by atomic mass is 9.97. The second kappa shape index (κ2) is 5.69. The summed E-state index contributed by atoms with van der Waals surface area (Å²) in [6.45, 7) is 0. The van der Waals surface area contributed by atoms with Gasteiger partial charge in [0.2, 0.25) is 0 Å². The van der Waals surface area contributed by atoms with E-state index in [1.54, 1.807) is 0 Å². The average Bonchev–Trinajstić information content (AvgIpc) is 2.08. The van der Waals surface area contributed by atoms with Crippen LogP contribution in [0.25, 0.3) is 0 Å². The number of rotatable bonds is 0. The van der Waals surface area contributed by atoms with E-state index >= 15 is 0 Å². The smallest absolute Gasteiger partial charge is 0.0693 e. The van der Waals surface area contributed by atoms with Crippen LogP contribution < -0.4 is 6.15 Å². The molecular weight excluding hydrogens is 299 g/mol. The molecule has 0 atom stereocenters. The summed E-state index contributed by atoms with van der Waals surface area (Å²) in [4.78, 5) is 0. The van der Waals surface area contributed by atoms with Gasteiger partial charge in [-0.25, -0.2) is 0 Å².